The van der Waals surface area contributed by atoms with Crippen molar-refractivity contribution in [3.63, 3.8) is 0 Å². The summed E-state index contributed by atoms with van der Waals surface area (Å²) in [5.41, 5.74) is 0.996. The van der Waals surface area contributed by atoms with Gasteiger partial charge in [0.25, 0.3) is 0 Å². The van der Waals surface area contributed by atoms with Crippen molar-refractivity contribution < 1.29 is 9.90 Å². The van der Waals surface area contributed by atoms with Crippen molar-refractivity contribution in [1.82, 2.24) is 4.90 Å². The molecule has 0 aromatic heterocycles. The number of benzene rings is 1. The Morgan fingerprint density at radius 2 is 2.16 bits per heavy atom. The molecule has 1 unspecified atom stereocenters. The van der Waals surface area contributed by atoms with E-state index in [2.05, 4.69) is 6.92 Å². The lowest BCUT2D eigenvalue weighted by Gasteiger charge is -2.39. The zero-order chi connectivity index (χ0) is 13.8. The molecule has 0 radical (unpaired) electrons. The highest BCUT2D eigenvalue weighted by molar-refractivity contribution is 7.98. The largest absolute Gasteiger partial charge is 0.395 e. The van der Waals surface area contributed by atoms with E-state index in [9.17, 15) is 4.79 Å². The van der Waals surface area contributed by atoms with E-state index >= 15 is 0 Å². The molecular formula is C14H20N2O2S. The number of nitrogens with zero attached hydrogens (tertiary/aromatic N) is 2. The van der Waals surface area contributed by atoms with Crippen LogP contribution in [0.25, 0.3) is 0 Å². The van der Waals surface area contributed by atoms with Gasteiger partial charge < -0.3 is 10.0 Å². The first-order valence-electron chi connectivity index (χ1n) is 6.45. The zero-order valence-electron chi connectivity index (χ0n) is 11.4. The standard InChI is InChI=1S/C14H20N2O2S/c1-11-9-15(7-8-17)10-14(18)16(11)12-5-3-4-6-13(12)19-2/h3-6,11,17H,7-10H2,1-2H3. The summed E-state index contributed by atoms with van der Waals surface area (Å²) in [4.78, 5) is 17.4. The Morgan fingerprint density at radius 3 is 2.79 bits per heavy atom. The Morgan fingerprint density at radius 1 is 1.42 bits per heavy atom. The Hall–Kier alpha value is -1.04. The molecule has 1 aromatic rings. The summed E-state index contributed by atoms with van der Waals surface area (Å²) < 4.78 is 0. The average Bonchev–Trinajstić information content (AvgIpc) is 2.39. The maximum Gasteiger partial charge on any atom is 0.241 e. The predicted molar refractivity (Wildman–Crippen MR) is 78.7 cm³/mol. The van der Waals surface area contributed by atoms with Gasteiger partial charge in [-0.2, -0.15) is 0 Å². The predicted octanol–water partition coefficient (Wildman–Crippen LogP) is 1.44. The molecule has 1 saturated heterocycles. The SMILES string of the molecule is CSc1ccccc1N1C(=O)CN(CCO)CC1C. The summed E-state index contributed by atoms with van der Waals surface area (Å²) in [6.07, 6.45) is 2.02. The van der Waals surface area contributed by atoms with E-state index in [1.807, 2.05) is 40.3 Å². The molecule has 1 fully saturated rings. The highest BCUT2D eigenvalue weighted by Crippen LogP contribution is 2.31. The maximum absolute atomic E-state index is 12.4. The molecule has 5 heteroatoms. The molecule has 1 N–H and O–H groups in total. The number of anilines is 1. The zero-order valence-corrected chi connectivity index (χ0v) is 12.2. The van der Waals surface area contributed by atoms with E-state index < -0.39 is 0 Å². The van der Waals surface area contributed by atoms with Gasteiger partial charge >= 0.3 is 0 Å². The number of piperazine rings is 1. The molecule has 1 atom stereocenters. The van der Waals surface area contributed by atoms with Crippen LogP contribution in [-0.4, -0.2) is 54.5 Å². The maximum atomic E-state index is 12.4. The quantitative estimate of drug-likeness (QED) is 0.848. The van der Waals surface area contributed by atoms with Gasteiger partial charge in [-0.15, -0.1) is 11.8 Å². The molecule has 1 aliphatic rings. The van der Waals surface area contributed by atoms with E-state index in [0.717, 1.165) is 17.1 Å². The number of β-amino-alcohol motifs (C(OH)–C–C–N with tert-alkyl or cyclic N) is 1. The Labute approximate surface area is 118 Å². The number of aliphatic hydroxyl groups excluding tert-OH is 1. The molecule has 4 nitrogen and oxygen atoms in total. The van der Waals surface area contributed by atoms with Crippen molar-refractivity contribution in [3.05, 3.63) is 24.3 Å². The lowest BCUT2D eigenvalue weighted by atomic mass is 10.1. The fourth-order valence-electron chi connectivity index (χ4n) is 2.55. The first kappa shape index (κ1) is 14.4. The third kappa shape index (κ3) is 3.11. The number of carbonyl (C=O) groups is 1. The van der Waals surface area contributed by atoms with Gasteiger partial charge in [0, 0.05) is 24.0 Å². The molecule has 1 amide bonds. The van der Waals surface area contributed by atoms with Crippen LogP contribution in [0.2, 0.25) is 0 Å². The van der Waals surface area contributed by atoms with E-state index in [1.165, 1.54) is 0 Å². The average molecular weight is 280 g/mol. The number of rotatable bonds is 4. The van der Waals surface area contributed by atoms with E-state index in [4.69, 9.17) is 5.11 Å². The number of hydrogen-bond donors (Lipinski definition) is 1. The molecule has 0 spiro atoms. The number of hydrogen-bond acceptors (Lipinski definition) is 4. The van der Waals surface area contributed by atoms with Crippen molar-refractivity contribution >= 4 is 23.4 Å². The minimum Gasteiger partial charge on any atom is -0.395 e. The highest BCUT2D eigenvalue weighted by Gasteiger charge is 2.31. The summed E-state index contributed by atoms with van der Waals surface area (Å²) in [6.45, 7) is 3.90. The smallest absolute Gasteiger partial charge is 0.241 e. The van der Waals surface area contributed by atoms with Crippen molar-refractivity contribution in [1.29, 1.82) is 0 Å². The van der Waals surface area contributed by atoms with Gasteiger partial charge in [-0.1, -0.05) is 12.1 Å². The van der Waals surface area contributed by atoms with Crippen LogP contribution >= 0.6 is 11.8 Å². The number of thioether (sulfide) groups is 1. The van der Waals surface area contributed by atoms with Gasteiger partial charge in [0.05, 0.1) is 18.8 Å². The van der Waals surface area contributed by atoms with Gasteiger partial charge in [0.15, 0.2) is 0 Å². The summed E-state index contributed by atoms with van der Waals surface area (Å²) in [5.74, 6) is 0.105. The number of aliphatic hydroxyl groups is 1. The Bertz CT molecular complexity index is 453. The minimum absolute atomic E-state index is 0.0986. The van der Waals surface area contributed by atoms with E-state index in [-0.39, 0.29) is 18.6 Å². The molecule has 0 aliphatic carbocycles. The molecule has 1 heterocycles. The summed E-state index contributed by atoms with van der Waals surface area (Å²) in [5, 5.41) is 8.99. The van der Waals surface area contributed by atoms with Crippen LogP contribution in [0.3, 0.4) is 0 Å². The van der Waals surface area contributed by atoms with Crippen molar-refractivity contribution in [2.75, 3.05) is 37.4 Å². The second kappa shape index (κ2) is 6.41. The fourth-order valence-corrected chi connectivity index (χ4v) is 3.14. The van der Waals surface area contributed by atoms with Gasteiger partial charge in [-0.3, -0.25) is 9.69 Å². The van der Waals surface area contributed by atoms with Gasteiger partial charge in [-0.05, 0) is 25.3 Å². The van der Waals surface area contributed by atoms with Gasteiger partial charge in [0.2, 0.25) is 5.91 Å². The van der Waals surface area contributed by atoms with Crippen LogP contribution in [0.15, 0.2) is 29.2 Å². The second-order valence-corrected chi connectivity index (χ2v) is 5.59. The highest BCUT2D eigenvalue weighted by atomic mass is 32.2. The van der Waals surface area contributed by atoms with E-state index in [1.54, 1.807) is 11.8 Å². The van der Waals surface area contributed by atoms with Crippen LogP contribution < -0.4 is 4.90 Å². The molecular weight excluding hydrogens is 260 g/mol. The topological polar surface area (TPSA) is 43.8 Å². The summed E-state index contributed by atoms with van der Waals surface area (Å²) in [7, 11) is 0. The molecule has 19 heavy (non-hydrogen) atoms. The minimum atomic E-state index is 0.0986. The number of amides is 1. The van der Waals surface area contributed by atoms with Gasteiger partial charge in [0.1, 0.15) is 0 Å². The van der Waals surface area contributed by atoms with Crippen molar-refractivity contribution in [2.45, 2.75) is 17.9 Å². The van der Waals surface area contributed by atoms with E-state index in [0.29, 0.717) is 13.1 Å². The fraction of sp³-hybridized carbons (Fsp3) is 0.500. The molecule has 1 aromatic carbocycles. The number of para-hydroxylation sites is 1. The summed E-state index contributed by atoms with van der Waals surface area (Å²) >= 11 is 1.66. The molecule has 1 aliphatic heterocycles. The first-order chi connectivity index (χ1) is 9.17. The van der Waals surface area contributed by atoms with Crippen LogP contribution in [-0.2, 0) is 4.79 Å². The monoisotopic (exact) mass is 280 g/mol. The first-order valence-corrected chi connectivity index (χ1v) is 7.68. The molecule has 0 bridgehead atoms. The molecule has 104 valence electrons. The normalized spacial score (nSPS) is 20.9. The lowest BCUT2D eigenvalue weighted by Crippen LogP contribution is -2.56. The van der Waals surface area contributed by atoms with Crippen molar-refractivity contribution in [2.24, 2.45) is 0 Å². The Kier molecular flexibility index (Phi) is 4.85. The van der Waals surface area contributed by atoms with Crippen LogP contribution in [0.1, 0.15) is 6.92 Å². The third-order valence-electron chi connectivity index (χ3n) is 3.35. The second-order valence-electron chi connectivity index (χ2n) is 4.74. The van der Waals surface area contributed by atoms with Crippen LogP contribution in [0.4, 0.5) is 5.69 Å². The molecule has 0 saturated carbocycles. The van der Waals surface area contributed by atoms with Gasteiger partial charge in [-0.25, -0.2) is 0 Å². The van der Waals surface area contributed by atoms with Crippen LogP contribution in [0, 0.1) is 0 Å². The Balaban J connectivity index is 2.23. The number of carbonyl (C=O) groups excluding carboxylic acids is 1. The van der Waals surface area contributed by atoms with Crippen LogP contribution in [0.5, 0.6) is 0 Å². The third-order valence-corrected chi connectivity index (χ3v) is 4.14. The summed E-state index contributed by atoms with van der Waals surface area (Å²) in [6, 6.07) is 8.13. The van der Waals surface area contributed by atoms with Crippen molar-refractivity contribution in [3.8, 4) is 0 Å². The lowest BCUT2D eigenvalue weighted by molar-refractivity contribution is -0.122. The molecule has 2 rings (SSSR count).